The molecule has 46 heavy (non-hydrogen) atoms. The molecule has 1 unspecified atom stereocenters. The van der Waals surface area contributed by atoms with E-state index in [1.54, 1.807) is 0 Å². The van der Waals surface area contributed by atoms with Gasteiger partial charge in [0, 0.05) is 66.4 Å². The van der Waals surface area contributed by atoms with E-state index in [-0.39, 0.29) is 45.4 Å². The lowest BCUT2D eigenvalue weighted by molar-refractivity contribution is 0.182. The third kappa shape index (κ3) is 5.15. The van der Waals surface area contributed by atoms with E-state index in [4.69, 9.17) is 27.3 Å². The number of hydrogen-bond donors (Lipinski definition) is 2. The van der Waals surface area contributed by atoms with Crippen LogP contribution in [0.15, 0.2) is 24.3 Å². The highest BCUT2D eigenvalue weighted by Gasteiger charge is 2.47. The number of nitrogens with zero attached hydrogens (tertiary/aromatic N) is 4. The normalized spacial score (nSPS) is 22.5. The predicted octanol–water partition coefficient (Wildman–Crippen LogP) is 7.80. The number of aromatic nitrogens is 2. The summed E-state index contributed by atoms with van der Waals surface area (Å²) < 4.78 is 73.9. The summed E-state index contributed by atoms with van der Waals surface area (Å²) in [5, 5.41) is 3.73. The second kappa shape index (κ2) is 12.4. The van der Waals surface area contributed by atoms with Crippen molar-refractivity contribution in [2.45, 2.75) is 70.9 Å². The van der Waals surface area contributed by atoms with Gasteiger partial charge in [-0.1, -0.05) is 32.0 Å². The van der Waals surface area contributed by atoms with Gasteiger partial charge in [-0.15, -0.1) is 0 Å². The first kappa shape index (κ1) is 32.7. The first-order chi connectivity index (χ1) is 22.0. The van der Waals surface area contributed by atoms with Crippen LogP contribution in [0.1, 0.15) is 62.9 Å². The number of rotatable bonds is 4. The van der Waals surface area contributed by atoms with Crippen LogP contribution in [-0.2, 0) is 6.42 Å². The van der Waals surface area contributed by atoms with Crippen LogP contribution in [0, 0.1) is 24.4 Å². The van der Waals surface area contributed by atoms with Crippen molar-refractivity contribution in [3.05, 3.63) is 63.7 Å². The van der Waals surface area contributed by atoms with Gasteiger partial charge in [0.25, 0.3) is 6.08 Å². The van der Waals surface area contributed by atoms with Gasteiger partial charge in [0.05, 0.1) is 10.4 Å². The summed E-state index contributed by atoms with van der Waals surface area (Å²) in [6.45, 7) is 12.6. The van der Waals surface area contributed by atoms with E-state index >= 15 is 8.78 Å². The van der Waals surface area contributed by atoms with Crippen LogP contribution in [0.3, 0.4) is 0 Å². The Morgan fingerprint density at radius 2 is 1.89 bits per heavy atom. The quantitative estimate of drug-likeness (QED) is 0.220. The van der Waals surface area contributed by atoms with Gasteiger partial charge >= 0.3 is 0 Å². The molecular formula is C34H38ClF5N6. The van der Waals surface area contributed by atoms with Crippen LogP contribution >= 0.6 is 11.6 Å². The van der Waals surface area contributed by atoms with Crippen LogP contribution in [0.25, 0.3) is 27.6 Å². The Labute approximate surface area is 270 Å². The summed E-state index contributed by atoms with van der Waals surface area (Å²) in [5.41, 5.74) is 5.30. The first-order valence-corrected chi connectivity index (χ1v) is 16.3. The summed E-state index contributed by atoms with van der Waals surface area (Å²) in [5.74, 6) is -2.00. The average molecular weight is 661 g/mol. The maximum Gasteiger partial charge on any atom is 0.270 e. The number of fused-ring (bicyclic) bond motifs is 3. The molecule has 4 aliphatic rings. The van der Waals surface area contributed by atoms with Crippen molar-refractivity contribution >= 4 is 39.6 Å². The molecular weight excluding hydrogens is 623 g/mol. The number of halogens is 6. The average Bonchev–Trinajstić information content (AvgIpc) is 3.57. The van der Waals surface area contributed by atoms with E-state index in [9.17, 15) is 13.2 Å². The van der Waals surface area contributed by atoms with Crippen LogP contribution in [-0.4, -0.2) is 59.2 Å². The lowest BCUT2D eigenvalue weighted by Gasteiger charge is -2.36. The fraction of sp³-hybridized carbons (Fsp3) is 0.471. The Kier molecular flexibility index (Phi) is 8.80. The molecule has 2 atom stereocenters. The number of benzene rings is 2. The number of nitrogens with two attached hydrogens (primary N) is 1. The van der Waals surface area contributed by atoms with Crippen molar-refractivity contribution in [2.24, 2.45) is 0 Å². The number of nitrogen functional groups attached to an aromatic ring is 1. The van der Waals surface area contributed by atoms with Crippen molar-refractivity contribution in [1.29, 1.82) is 0 Å². The topological polar surface area (TPSA) is 70.3 Å². The highest BCUT2D eigenvalue weighted by Crippen LogP contribution is 2.49. The van der Waals surface area contributed by atoms with E-state index in [1.165, 1.54) is 13.0 Å². The highest BCUT2D eigenvalue weighted by molar-refractivity contribution is 6.37. The molecule has 0 bridgehead atoms. The smallest absolute Gasteiger partial charge is 0.270 e. The van der Waals surface area contributed by atoms with Crippen LogP contribution in [0.4, 0.5) is 33.5 Å². The van der Waals surface area contributed by atoms with Gasteiger partial charge in [-0.3, -0.25) is 4.90 Å². The van der Waals surface area contributed by atoms with Crippen molar-refractivity contribution < 1.29 is 22.0 Å². The van der Waals surface area contributed by atoms with E-state index < -0.39 is 34.8 Å². The van der Waals surface area contributed by atoms with E-state index in [0.29, 0.717) is 73.5 Å². The summed E-state index contributed by atoms with van der Waals surface area (Å²) in [6.07, 6.45) is 1.74. The monoisotopic (exact) mass is 660 g/mol. The third-order valence-corrected chi connectivity index (χ3v) is 10.3. The fourth-order valence-corrected chi connectivity index (χ4v) is 8.19. The molecule has 0 spiro atoms. The minimum Gasteiger partial charge on any atom is -0.394 e. The van der Waals surface area contributed by atoms with E-state index in [0.717, 1.165) is 19.4 Å². The van der Waals surface area contributed by atoms with Crippen LogP contribution in [0.2, 0.25) is 5.02 Å². The minimum absolute atomic E-state index is 0.0396. The summed E-state index contributed by atoms with van der Waals surface area (Å²) >= 11 is 6.94. The molecule has 6 nitrogen and oxygen atoms in total. The molecule has 1 aromatic heterocycles. The second-order valence-corrected chi connectivity index (χ2v) is 12.9. The first-order valence-electron chi connectivity index (χ1n) is 15.9. The molecule has 3 N–H and O–H groups in total. The molecule has 0 saturated carbocycles. The minimum atomic E-state index is -1.62. The van der Waals surface area contributed by atoms with Crippen molar-refractivity contribution in [3.8, 4) is 11.1 Å². The number of nitrogens with one attached hydrogen (secondary N) is 1. The molecule has 3 saturated heterocycles. The van der Waals surface area contributed by atoms with Gasteiger partial charge < -0.3 is 16.0 Å². The highest BCUT2D eigenvalue weighted by atomic mass is 35.5. The molecule has 7 rings (SSSR count). The Morgan fingerprint density at radius 3 is 2.63 bits per heavy atom. The molecule has 0 aliphatic carbocycles. The van der Waals surface area contributed by atoms with Gasteiger partial charge in [-0.05, 0) is 62.8 Å². The van der Waals surface area contributed by atoms with Crippen molar-refractivity contribution in [3.63, 3.8) is 0 Å². The maximum absolute atomic E-state index is 16.8. The molecule has 3 fully saturated rings. The molecule has 2 aromatic carbocycles. The molecule has 5 heterocycles. The Morgan fingerprint density at radius 1 is 1.13 bits per heavy atom. The fourth-order valence-electron chi connectivity index (χ4n) is 7.78. The van der Waals surface area contributed by atoms with Gasteiger partial charge in [0.1, 0.15) is 22.8 Å². The largest absolute Gasteiger partial charge is 0.394 e. The van der Waals surface area contributed by atoms with Gasteiger partial charge in [0.2, 0.25) is 0 Å². The zero-order valence-electron chi connectivity index (χ0n) is 26.3. The molecule has 0 radical (unpaired) electrons. The standard InChI is InChI=1S/C32H32ClF5N6.C2H6/c1-15-10-18-13-40-7-9-44(18)31-23-21(15)24(33)22(19-11-16(2)25(34)28(39)26(19)35)27(36)29(23)41-20(42-31)4-6-32-5-3-8-43(32)14-17(12-32)30(37)38;1-2/h11,18,40H,1,3-10,12-14,39H2,2H3;1-2H3/t18-,32?;/m1./s1. The second-order valence-electron chi connectivity index (χ2n) is 12.5. The lowest BCUT2D eigenvalue weighted by Crippen LogP contribution is -2.51. The molecule has 0 amide bonds. The number of hydrogen-bond acceptors (Lipinski definition) is 6. The zero-order chi connectivity index (χ0) is 33.1. The molecule has 4 aliphatic heterocycles. The van der Waals surface area contributed by atoms with Crippen LogP contribution < -0.4 is 16.0 Å². The summed E-state index contributed by atoms with van der Waals surface area (Å²) in [6, 6.07) is 1.15. The molecule has 246 valence electrons. The van der Waals surface area contributed by atoms with Crippen LogP contribution in [0.5, 0.6) is 0 Å². The zero-order valence-corrected chi connectivity index (χ0v) is 27.0. The van der Waals surface area contributed by atoms with Gasteiger partial charge in [-0.25, -0.2) is 23.1 Å². The van der Waals surface area contributed by atoms with Crippen molar-refractivity contribution in [2.75, 3.05) is 43.4 Å². The summed E-state index contributed by atoms with van der Waals surface area (Å²) in [7, 11) is 0. The lowest BCUT2D eigenvalue weighted by atomic mass is 9.87. The summed E-state index contributed by atoms with van der Waals surface area (Å²) in [4.78, 5) is 13.9. The SMILES string of the molecule is C=C1C[C@@H]2CNCCN2c2nc(CCC34CCCN3CC(=C(F)F)C4)nc3c(F)c(-c4cc(C)c(F)c(N)c4F)c(Cl)c1c23.CC. The Hall–Kier alpha value is -3.28. The van der Waals surface area contributed by atoms with Gasteiger partial charge in [0.15, 0.2) is 17.5 Å². The van der Waals surface area contributed by atoms with E-state index in [2.05, 4.69) is 21.7 Å². The Bertz CT molecular complexity index is 1770. The van der Waals surface area contributed by atoms with Crippen molar-refractivity contribution in [1.82, 2.24) is 20.2 Å². The maximum atomic E-state index is 16.8. The number of anilines is 2. The molecule has 3 aromatic rings. The van der Waals surface area contributed by atoms with E-state index in [1.807, 2.05) is 13.8 Å². The van der Waals surface area contributed by atoms with Gasteiger partial charge in [-0.2, -0.15) is 8.78 Å². The Balaban J connectivity index is 0.00000182. The third-order valence-electron chi connectivity index (χ3n) is 9.94. The molecule has 12 heteroatoms. The predicted molar refractivity (Wildman–Crippen MR) is 174 cm³/mol. The number of piperazine rings is 1. The number of aryl methyl sites for hydroxylation is 2.